The highest BCUT2D eigenvalue weighted by molar-refractivity contribution is 5.71. The van der Waals surface area contributed by atoms with Crippen LogP contribution in [0.25, 0.3) is 22.3 Å². The van der Waals surface area contributed by atoms with Gasteiger partial charge in [0.1, 0.15) is 5.75 Å². The maximum Gasteiger partial charge on any atom is 0.387 e. The van der Waals surface area contributed by atoms with Crippen LogP contribution in [-0.4, -0.2) is 13.2 Å². The Morgan fingerprint density at radius 3 is 1.81 bits per heavy atom. The molecule has 0 aromatic heterocycles. The zero-order valence-electron chi connectivity index (χ0n) is 14.8. The van der Waals surface area contributed by atoms with Gasteiger partial charge in [-0.1, -0.05) is 49.4 Å². The van der Waals surface area contributed by atoms with Crippen molar-refractivity contribution in [2.24, 2.45) is 0 Å². The second-order valence-electron chi connectivity index (χ2n) is 5.97. The fraction of sp³-hybridized carbons (Fsp3) is 0.182. The van der Waals surface area contributed by atoms with Crippen molar-refractivity contribution in [1.82, 2.24) is 0 Å². The van der Waals surface area contributed by atoms with Crippen molar-refractivity contribution < 1.29 is 22.6 Å². The molecule has 0 N–H and O–H groups in total. The standard InChI is InChI=1S/C22H19F3O2/c1-2-13-26-19-10-7-16(8-11-19)15-3-5-17(6-4-15)18-9-12-21(20(23)14-18)27-22(24)25/h3-12,14,22H,2,13H2,1H3. The smallest absolute Gasteiger partial charge is 0.387 e. The summed E-state index contributed by atoms with van der Waals surface area (Å²) in [5, 5.41) is 0. The van der Waals surface area contributed by atoms with E-state index in [-0.39, 0.29) is 0 Å². The Morgan fingerprint density at radius 1 is 0.778 bits per heavy atom. The van der Waals surface area contributed by atoms with Crippen LogP contribution in [0.2, 0.25) is 0 Å². The van der Waals surface area contributed by atoms with Crippen LogP contribution in [0.4, 0.5) is 13.2 Å². The Morgan fingerprint density at radius 2 is 1.30 bits per heavy atom. The molecule has 0 bridgehead atoms. The molecule has 140 valence electrons. The SMILES string of the molecule is CCCOc1ccc(-c2ccc(-c3ccc(OC(F)F)c(F)c3)cc2)cc1. The summed E-state index contributed by atoms with van der Waals surface area (Å²) in [6, 6.07) is 19.3. The minimum atomic E-state index is -3.05. The summed E-state index contributed by atoms with van der Waals surface area (Å²) in [5.41, 5.74) is 3.42. The molecular weight excluding hydrogens is 353 g/mol. The average Bonchev–Trinajstić information content (AvgIpc) is 2.68. The Labute approximate surface area is 156 Å². The largest absolute Gasteiger partial charge is 0.494 e. The summed E-state index contributed by atoms with van der Waals surface area (Å²) < 4.78 is 48.0. The highest BCUT2D eigenvalue weighted by Gasteiger charge is 2.11. The summed E-state index contributed by atoms with van der Waals surface area (Å²) in [5.74, 6) is -0.450. The van der Waals surface area contributed by atoms with Crippen molar-refractivity contribution in [1.29, 1.82) is 0 Å². The van der Waals surface area contributed by atoms with E-state index in [2.05, 4.69) is 11.7 Å². The van der Waals surface area contributed by atoms with Crippen LogP contribution in [0.3, 0.4) is 0 Å². The number of rotatable bonds is 7. The lowest BCUT2D eigenvalue weighted by atomic mass is 10.00. The molecule has 0 atom stereocenters. The van der Waals surface area contributed by atoms with Crippen LogP contribution in [0.1, 0.15) is 13.3 Å². The van der Waals surface area contributed by atoms with E-state index in [1.165, 1.54) is 12.1 Å². The molecule has 0 amide bonds. The van der Waals surface area contributed by atoms with Crippen molar-refractivity contribution in [3.05, 3.63) is 72.5 Å². The topological polar surface area (TPSA) is 18.5 Å². The van der Waals surface area contributed by atoms with Gasteiger partial charge in [0, 0.05) is 0 Å². The van der Waals surface area contributed by atoms with E-state index in [1.54, 1.807) is 6.07 Å². The summed E-state index contributed by atoms with van der Waals surface area (Å²) in [4.78, 5) is 0. The van der Waals surface area contributed by atoms with Gasteiger partial charge in [0.05, 0.1) is 6.61 Å². The number of alkyl halides is 2. The predicted octanol–water partition coefficient (Wildman–Crippen LogP) is 6.55. The first-order valence-electron chi connectivity index (χ1n) is 8.65. The van der Waals surface area contributed by atoms with Crippen molar-refractivity contribution in [3.63, 3.8) is 0 Å². The molecule has 3 aromatic carbocycles. The maximum absolute atomic E-state index is 13.9. The molecule has 0 aliphatic rings. The number of halogens is 3. The van der Waals surface area contributed by atoms with Gasteiger partial charge in [0.2, 0.25) is 0 Å². The molecule has 0 aliphatic heterocycles. The molecule has 0 saturated carbocycles. The summed E-state index contributed by atoms with van der Waals surface area (Å²) in [7, 11) is 0. The predicted molar refractivity (Wildman–Crippen MR) is 99.7 cm³/mol. The van der Waals surface area contributed by atoms with Crippen molar-refractivity contribution in [2.75, 3.05) is 6.61 Å². The van der Waals surface area contributed by atoms with Gasteiger partial charge >= 0.3 is 6.61 Å². The monoisotopic (exact) mass is 372 g/mol. The molecular formula is C22H19F3O2. The molecule has 0 heterocycles. The lowest BCUT2D eigenvalue weighted by Crippen LogP contribution is -2.03. The third kappa shape index (κ3) is 4.82. The minimum Gasteiger partial charge on any atom is -0.494 e. The van der Waals surface area contributed by atoms with Gasteiger partial charge in [-0.05, 0) is 52.9 Å². The zero-order valence-corrected chi connectivity index (χ0v) is 14.8. The van der Waals surface area contributed by atoms with Crippen LogP contribution in [0, 0.1) is 5.82 Å². The first-order valence-corrected chi connectivity index (χ1v) is 8.65. The third-order valence-electron chi connectivity index (χ3n) is 4.03. The van der Waals surface area contributed by atoms with Crippen molar-refractivity contribution in [3.8, 4) is 33.8 Å². The van der Waals surface area contributed by atoms with E-state index < -0.39 is 18.2 Å². The molecule has 3 aromatic rings. The highest BCUT2D eigenvalue weighted by atomic mass is 19.3. The Kier molecular flexibility index (Phi) is 6.01. The molecule has 0 radical (unpaired) electrons. The number of hydrogen-bond acceptors (Lipinski definition) is 2. The summed E-state index contributed by atoms with van der Waals surface area (Å²) in [6.45, 7) is -0.309. The summed E-state index contributed by atoms with van der Waals surface area (Å²) in [6.07, 6.45) is 0.957. The molecule has 0 spiro atoms. The summed E-state index contributed by atoms with van der Waals surface area (Å²) >= 11 is 0. The van der Waals surface area contributed by atoms with Gasteiger partial charge in [0.15, 0.2) is 11.6 Å². The molecule has 5 heteroatoms. The average molecular weight is 372 g/mol. The Balaban J connectivity index is 1.76. The fourth-order valence-electron chi connectivity index (χ4n) is 2.69. The van der Waals surface area contributed by atoms with E-state index in [0.29, 0.717) is 12.2 Å². The lowest BCUT2D eigenvalue weighted by molar-refractivity contribution is -0.0521. The molecule has 2 nitrogen and oxygen atoms in total. The van der Waals surface area contributed by atoms with Crippen LogP contribution in [-0.2, 0) is 0 Å². The lowest BCUT2D eigenvalue weighted by Gasteiger charge is -2.09. The third-order valence-corrected chi connectivity index (χ3v) is 4.03. The van der Waals surface area contributed by atoms with Crippen LogP contribution < -0.4 is 9.47 Å². The van der Waals surface area contributed by atoms with Gasteiger partial charge in [0.25, 0.3) is 0 Å². The second-order valence-corrected chi connectivity index (χ2v) is 5.97. The van der Waals surface area contributed by atoms with Crippen LogP contribution in [0.5, 0.6) is 11.5 Å². The first kappa shape index (κ1) is 18.8. The fourth-order valence-corrected chi connectivity index (χ4v) is 2.69. The van der Waals surface area contributed by atoms with Crippen molar-refractivity contribution >= 4 is 0 Å². The Bertz CT molecular complexity index is 875. The highest BCUT2D eigenvalue weighted by Crippen LogP contribution is 2.29. The molecule has 0 aliphatic carbocycles. The van der Waals surface area contributed by atoms with Crippen molar-refractivity contribution in [2.45, 2.75) is 20.0 Å². The zero-order chi connectivity index (χ0) is 19.2. The van der Waals surface area contributed by atoms with E-state index in [1.807, 2.05) is 48.5 Å². The molecule has 0 fully saturated rings. The van der Waals surface area contributed by atoms with Gasteiger partial charge in [-0.25, -0.2) is 4.39 Å². The molecule has 3 rings (SSSR count). The van der Waals surface area contributed by atoms with Gasteiger partial charge in [-0.3, -0.25) is 0 Å². The maximum atomic E-state index is 13.9. The van der Waals surface area contributed by atoms with E-state index in [9.17, 15) is 13.2 Å². The molecule has 27 heavy (non-hydrogen) atoms. The second kappa shape index (κ2) is 8.62. The number of hydrogen-bond donors (Lipinski definition) is 0. The van der Waals surface area contributed by atoms with Gasteiger partial charge in [-0.15, -0.1) is 0 Å². The van der Waals surface area contributed by atoms with Gasteiger partial charge < -0.3 is 9.47 Å². The normalized spacial score (nSPS) is 10.9. The molecule has 0 saturated heterocycles. The van der Waals surface area contributed by atoms with Crippen LogP contribution >= 0.6 is 0 Å². The van der Waals surface area contributed by atoms with E-state index in [4.69, 9.17) is 4.74 Å². The quantitative estimate of drug-likeness (QED) is 0.468. The number of ether oxygens (including phenoxy) is 2. The minimum absolute atomic E-state index is 0.462. The van der Waals surface area contributed by atoms with E-state index in [0.717, 1.165) is 28.9 Å². The molecule has 0 unspecified atom stereocenters. The van der Waals surface area contributed by atoms with E-state index >= 15 is 0 Å². The van der Waals surface area contributed by atoms with Gasteiger partial charge in [-0.2, -0.15) is 8.78 Å². The first-order chi connectivity index (χ1) is 13.1. The van der Waals surface area contributed by atoms with Crippen LogP contribution in [0.15, 0.2) is 66.7 Å². The number of benzene rings is 3. The Hall–Kier alpha value is -2.95.